The fourth-order valence-electron chi connectivity index (χ4n) is 3.50. The molecule has 3 aromatic rings. The number of aromatic nitrogens is 2. The molecule has 0 aliphatic carbocycles. The van der Waals surface area contributed by atoms with E-state index in [4.69, 9.17) is 28.0 Å². The number of carboxylic acids is 1. The Morgan fingerprint density at radius 1 is 1.28 bits per heavy atom. The van der Waals surface area contributed by atoms with Gasteiger partial charge in [0.1, 0.15) is 0 Å². The van der Waals surface area contributed by atoms with Crippen LogP contribution in [-0.2, 0) is 17.5 Å². The van der Waals surface area contributed by atoms with E-state index in [9.17, 15) is 18.7 Å². The summed E-state index contributed by atoms with van der Waals surface area (Å²) in [5.41, 5.74) is -0.828. The quantitative estimate of drug-likeness (QED) is 0.629. The summed E-state index contributed by atoms with van der Waals surface area (Å²) < 4.78 is 29.7. The summed E-state index contributed by atoms with van der Waals surface area (Å²) in [5, 5.41) is 18.3. The molecule has 1 aromatic heterocycles. The smallest absolute Gasteiger partial charge is 0.337 e. The average molecular weight is 440 g/mol. The second-order valence-corrected chi connectivity index (χ2v) is 7.52. The minimum Gasteiger partial charge on any atom is -0.478 e. The van der Waals surface area contributed by atoms with Crippen LogP contribution in [0.4, 0.5) is 8.78 Å². The lowest BCUT2D eigenvalue weighted by atomic mass is 9.86. The maximum atomic E-state index is 14.1. The van der Waals surface area contributed by atoms with E-state index in [-0.39, 0.29) is 33.3 Å². The number of hydrogen-bond acceptors (Lipinski definition) is 4. The molecule has 0 radical (unpaired) electrons. The highest BCUT2D eigenvalue weighted by Crippen LogP contribution is 2.44. The highest BCUT2D eigenvalue weighted by molar-refractivity contribution is 6.34. The number of fused-ring (bicyclic) bond motifs is 1. The van der Waals surface area contributed by atoms with Gasteiger partial charge in [-0.05, 0) is 24.3 Å². The number of aromatic carboxylic acids is 1. The summed E-state index contributed by atoms with van der Waals surface area (Å²) in [6.45, 7) is 0. The Morgan fingerprint density at radius 3 is 2.59 bits per heavy atom. The second-order valence-electron chi connectivity index (χ2n) is 6.65. The van der Waals surface area contributed by atoms with Gasteiger partial charge in [0.05, 0.1) is 23.0 Å². The van der Waals surface area contributed by atoms with Crippen molar-refractivity contribution < 1.29 is 23.5 Å². The van der Waals surface area contributed by atoms with Gasteiger partial charge < -0.3 is 9.94 Å². The van der Waals surface area contributed by atoms with Crippen molar-refractivity contribution in [1.29, 1.82) is 0 Å². The molecule has 1 N–H and O–H groups in total. The van der Waals surface area contributed by atoms with Crippen LogP contribution in [-0.4, -0.2) is 33.0 Å². The van der Waals surface area contributed by atoms with Crippen molar-refractivity contribution in [2.24, 2.45) is 12.2 Å². The fourth-order valence-corrected chi connectivity index (χ4v) is 4.03. The minimum atomic E-state index is -2.92. The first-order chi connectivity index (χ1) is 13.7. The van der Waals surface area contributed by atoms with Crippen LogP contribution in [0.3, 0.4) is 0 Å². The highest BCUT2D eigenvalue weighted by Gasteiger charge is 2.50. The van der Waals surface area contributed by atoms with Gasteiger partial charge in [0.2, 0.25) is 5.60 Å². The first-order valence-electron chi connectivity index (χ1n) is 8.41. The topological polar surface area (TPSA) is 76.7 Å². The van der Waals surface area contributed by atoms with Gasteiger partial charge in [-0.15, -0.1) is 0 Å². The van der Waals surface area contributed by atoms with Gasteiger partial charge in [-0.1, -0.05) is 34.4 Å². The molecule has 1 unspecified atom stereocenters. The van der Waals surface area contributed by atoms with Gasteiger partial charge in [0.25, 0.3) is 6.43 Å². The number of carbonyl (C=O) groups is 1. The third-order valence-electron chi connectivity index (χ3n) is 4.89. The largest absolute Gasteiger partial charge is 0.478 e. The van der Waals surface area contributed by atoms with Crippen molar-refractivity contribution in [3.63, 3.8) is 0 Å². The number of hydrogen-bond donors (Lipinski definition) is 1. The SMILES string of the molecule is Cn1ncc2c(C3=NOC(c4cc(Cl)cc(Cl)c4)(C(F)F)C3)ccc(C(=O)O)c21. The predicted octanol–water partition coefficient (Wildman–Crippen LogP) is 4.86. The maximum Gasteiger partial charge on any atom is 0.337 e. The lowest BCUT2D eigenvalue weighted by Gasteiger charge is -2.26. The molecule has 0 saturated heterocycles. The van der Waals surface area contributed by atoms with E-state index in [1.165, 1.54) is 41.2 Å². The van der Waals surface area contributed by atoms with Crippen molar-refractivity contribution in [2.75, 3.05) is 0 Å². The van der Waals surface area contributed by atoms with Crippen molar-refractivity contribution in [3.8, 4) is 0 Å². The Balaban J connectivity index is 1.81. The molecule has 0 saturated carbocycles. The molecule has 2 heterocycles. The van der Waals surface area contributed by atoms with E-state index in [1.807, 2.05) is 0 Å². The van der Waals surface area contributed by atoms with Crippen molar-refractivity contribution in [3.05, 3.63) is 63.3 Å². The van der Waals surface area contributed by atoms with Gasteiger partial charge in [-0.25, -0.2) is 13.6 Å². The Kier molecular flexibility index (Phi) is 4.71. The number of benzene rings is 2. The van der Waals surface area contributed by atoms with Crippen LogP contribution in [0.25, 0.3) is 10.9 Å². The molecular weight excluding hydrogens is 427 g/mol. The summed E-state index contributed by atoms with van der Waals surface area (Å²) >= 11 is 12.0. The van der Waals surface area contributed by atoms with Crippen molar-refractivity contribution in [1.82, 2.24) is 9.78 Å². The van der Waals surface area contributed by atoms with Crippen LogP contribution >= 0.6 is 23.2 Å². The Morgan fingerprint density at radius 2 is 1.97 bits per heavy atom. The van der Waals surface area contributed by atoms with E-state index in [1.54, 1.807) is 7.05 Å². The van der Waals surface area contributed by atoms with Gasteiger partial charge >= 0.3 is 5.97 Å². The normalized spacial score (nSPS) is 18.9. The third kappa shape index (κ3) is 3.12. The van der Waals surface area contributed by atoms with Crippen LogP contribution in [0.15, 0.2) is 41.7 Å². The van der Waals surface area contributed by atoms with Gasteiger partial charge in [-0.3, -0.25) is 4.68 Å². The van der Waals surface area contributed by atoms with Crippen LogP contribution in [0.2, 0.25) is 10.0 Å². The summed E-state index contributed by atoms with van der Waals surface area (Å²) in [4.78, 5) is 16.8. The van der Waals surface area contributed by atoms with Gasteiger partial charge in [0.15, 0.2) is 0 Å². The molecule has 4 rings (SSSR count). The van der Waals surface area contributed by atoms with E-state index in [0.717, 1.165) is 0 Å². The lowest BCUT2D eigenvalue weighted by molar-refractivity contribution is -0.129. The van der Waals surface area contributed by atoms with Crippen molar-refractivity contribution >= 4 is 45.8 Å². The van der Waals surface area contributed by atoms with Crippen LogP contribution in [0.1, 0.15) is 27.9 Å². The molecule has 1 atom stereocenters. The Hall–Kier alpha value is -2.71. The third-order valence-corrected chi connectivity index (χ3v) is 5.33. The van der Waals surface area contributed by atoms with Gasteiger partial charge in [-0.2, -0.15) is 5.10 Å². The molecule has 1 aliphatic rings. The van der Waals surface area contributed by atoms with Crippen molar-refractivity contribution in [2.45, 2.75) is 18.4 Å². The molecule has 29 heavy (non-hydrogen) atoms. The second kappa shape index (κ2) is 6.96. The lowest BCUT2D eigenvalue weighted by Crippen LogP contribution is -2.35. The molecule has 6 nitrogen and oxygen atoms in total. The summed E-state index contributed by atoms with van der Waals surface area (Å²) in [6, 6.07) is 7.08. The monoisotopic (exact) mass is 439 g/mol. The summed E-state index contributed by atoms with van der Waals surface area (Å²) in [7, 11) is 1.60. The molecule has 0 amide bonds. The zero-order chi connectivity index (χ0) is 20.9. The first kappa shape index (κ1) is 19.6. The molecule has 0 bridgehead atoms. The number of nitrogens with zero attached hydrogens (tertiary/aromatic N) is 3. The Labute approximate surface area is 173 Å². The summed E-state index contributed by atoms with van der Waals surface area (Å²) in [5.74, 6) is -1.12. The van der Waals surface area contributed by atoms with E-state index in [2.05, 4.69) is 10.3 Å². The van der Waals surface area contributed by atoms with E-state index in [0.29, 0.717) is 16.5 Å². The van der Waals surface area contributed by atoms with E-state index >= 15 is 0 Å². The first-order valence-corrected chi connectivity index (χ1v) is 9.16. The number of aryl methyl sites for hydroxylation is 1. The number of rotatable bonds is 4. The molecule has 150 valence electrons. The van der Waals surface area contributed by atoms with E-state index < -0.39 is 18.0 Å². The molecule has 2 aromatic carbocycles. The average Bonchev–Trinajstić information content (AvgIpc) is 3.26. The van der Waals surface area contributed by atoms with Gasteiger partial charge in [0, 0.05) is 40.0 Å². The maximum absolute atomic E-state index is 14.1. The van der Waals surface area contributed by atoms with Crippen LogP contribution in [0, 0.1) is 0 Å². The van der Waals surface area contributed by atoms with Crippen LogP contribution in [0.5, 0.6) is 0 Å². The molecule has 1 aliphatic heterocycles. The zero-order valence-corrected chi connectivity index (χ0v) is 16.4. The molecule has 10 heteroatoms. The number of oxime groups is 1. The molecule has 0 spiro atoms. The fraction of sp³-hybridized carbons (Fsp3) is 0.211. The molecular formula is C19H13Cl2F2N3O3. The number of carboxylic acid groups (broad SMARTS) is 1. The minimum absolute atomic E-state index is 0.0463. The highest BCUT2D eigenvalue weighted by atomic mass is 35.5. The standard InChI is InChI=1S/C19H13Cl2F2N3O3/c1-26-16-13(17(27)28)3-2-12(14(16)8-24-26)15-7-19(18(22)23,29-25-15)9-4-10(20)6-11(21)5-9/h2-6,8,18H,7H2,1H3,(H,27,28). The zero-order valence-electron chi connectivity index (χ0n) is 14.9. The number of halogens is 4. The molecule has 0 fully saturated rings. The summed E-state index contributed by atoms with van der Waals surface area (Å²) in [6.07, 6.45) is -1.70. The van der Waals surface area contributed by atoms with Crippen LogP contribution < -0.4 is 0 Å². The Bertz CT molecular complexity index is 1160. The predicted molar refractivity (Wildman–Crippen MR) is 104 cm³/mol. The number of alkyl halides is 2.